The molecule has 2 aliphatic rings. The number of rotatable bonds is 5. The van der Waals surface area contributed by atoms with E-state index in [1.165, 1.54) is 25.5 Å². The first-order chi connectivity index (χ1) is 7.97. The molecule has 0 heterocycles. The lowest BCUT2D eigenvalue weighted by molar-refractivity contribution is 0.319. The quantitative estimate of drug-likeness (QED) is 0.822. The van der Waals surface area contributed by atoms with Crippen molar-refractivity contribution in [3.05, 3.63) is 0 Å². The SMILES string of the molecule is CS(=O)(=O)C1CCCC(CCC(N)C2CC2)C1. The van der Waals surface area contributed by atoms with Crippen LogP contribution < -0.4 is 5.73 Å². The van der Waals surface area contributed by atoms with E-state index in [4.69, 9.17) is 5.73 Å². The fourth-order valence-corrected chi connectivity index (χ4v) is 4.30. The lowest BCUT2D eigenvalue weighted by Crippen LogP contribution is -2.29. The van der Waals surface area contributed by atoms with E-state index in [0.29, 0.717) is 12.0 Å². The van der Waals surface area contributed by atoms with Crippen molar-refractivity contribution in [1.82, 2.24) is 0 Å². The first-order valence-corrected chi connectivity index (χ1v) is 8.86. The summed E-state index contributed by atoms with van der Waals surface area (Å²) in [5, 5.41) is -0.0848. The summed E-state index contributed by atoms with van der Waals surface area (Å²) in [6, 6.07) is 0.369. The van der Waals surface area contributed by atoms with Gasteiger partial charge < -0.3 is 5.73 Å². The van der Waals surface area contributed by atoms with Crippen LogP contribution in [-0.2, 0) is 9.84 Å². The minimum absolute atomic E-state index is 0.0848. The molecule has 2 aliphatic carbocycles. The fraction of sp³-hybridized carbons (Fsp3) is 1.00. The first kappa shape index (κ1) is 13.3. The highest BCUT2D eigenvalue weighted by Gasteiger charge is 2.31. The van der Waals surface area contributed by atoms with Crippen LogP contribution in [0.4, 0.5) is 0 Å². The third-order valence-corrected chi connectivity index (χ3v) is 6.12. The van der Waals surface area contributed by atoms with Crippen molar-refractivity contribution < 1.29 is 8.42 Å². The van der Waals surface area contributed by atoms with Gasteiger partial charge in [0.2, 0.25) is 0 Å². The van der Waals surface area contributed by atoms with Gasteiger partial charge in [-0.1, -0.05) is 12.8 Å². The van der Waals surface area contributed by atoms with Gasteiger partial charge in [-0.15, -0.1) is 0 Å². The standard InChI is InChI=1S/C13H25NO2S/c1-17(15,16)12-4-2-3-10(9-12)5-8-13(14)11-6-7-11/h10-13H,2-9,14H2,1H3. The van der Waals surface area contributed by atoms with Crippen LogP contribution in [0.2, 0.25) is 0 Å². The Hall–Kier alpha value is -0.0900. The van der Waals surface area contributed by atoms with Crippen LogP contribution in [0.1, 0.15) is 51.4 Å². The molecule has 2 N–H and O–H groups in total. The van der Waals surface area contributed by atoms with Crippen LogP contribution in [-0.4, -0.2) is 26.0 Å². The van der Waals surface area contributed by atoms with Gasteiger partial charge in [0.15, 0.2) is 0 Å². The highest BCUT2D eigenvalue weighted by Crippen LogP contribution is 2.36. The predicted molar refractivity (Wildman–Crippen MR) is 70.5 cm³/mol. The van der Waals surface area contributed by atoms with Crippen molar-refractivity contribution in [1.29, 1.82) is 0 Å². The molecule has 0 saturated heterocycles. The van der Waals surface area contributed by atoms with Crippen molar-refractivity contribution in [2.45, 2.75) is 62.7 Å². The summed E-state index contributed by atoms with van der Waals surface area (Å²) in [5.74, 6) is 1.36. The molecule has 0 aromatic carbocycles. The summed E-state index contributed by atoms with van der Waals surface area (Å²) in [7, 11) is -2.83. The molecule has 3 unspecified atom stereocenters. The van der Waals surface area contributed by atoms with Crippen LogP contribution >= 0.6 is 0 Å². The van der Waals surface area contributed by atoms with E-state index in [9.17, 15) is 8.42 Å². The zero-order chi connectivity index (χ0) is 12.5. The highest BCUT2D eigenvalue weighted by atomic mass is 32.2. The Morgan fingerprint density at radius 2 is 1.94 bits per heavy atom. The summed E-state index contributed by atoms with van der Waals surface area (Å²) in [6.45, 7) is 0. The summed E-state index contributed by atoms with van der Waals surface area (Å²) in [6.07, 6.45) is 10.2. The third-order valence-electron chi connectivity index (χ3n) is 4.48. The van der Waals surface area contributed by atoms with E-state index in [1.54, 1.807) is 0 Å². The Labute approximate surface area is 105 Å². The molecule has 3 atom stereocenters. The van der Waals surface area contributed by atoms with Crippen LogP contribution in [0.15, 0.2) is 0 Å². The molecule has 3 nitrogen and oxygen atoms in total. The second-order valence-electron chi connectivity index (χ2n) is 6.06. The number of nitrogens with two attached hydrogens (primary N) is 1. The zero-order valence-corrected chi connectivity index (χ0v) is 11.6. The maximum Gasteiger partial charge on any atom is 0.150 e. The van der Waals surface area contributed by atoms with Crippen molar-refractivity contribution >= 4 is 9.84 Å². The molecule has 2 saturated carbocycles. The van der Waals surface area contributed by atoms with Crippen LogP contribution in [0.5, 0.6) is 0 Å². The zero-order valence-electron chi connectivity index (χ0n) is 10.8. The molecule has 0 amide bonds. The smallest absolute Gasteiger partial charge is 0.150 e. The maximum atomic E-state index is 11.6. The Balaban J connectivity index is 1.77. The van der Waals surface area contributed by atoms with Crippen LogP contribution in [0, 0.1) is 11.8 Å². The van der Waals surface area contributed by atoms with E-state index in [0.717, 1.165) is 38.0 Å². The molecule has 0 radical (unpaired) electrons. The molecule has 0 spiro atoms. The summed E-state index contributed by atoms with van der Waals surface area (Å²) < 4.78 is 23.1. The van der Waals surface area contributed by atoms with Gasteiger partial charge in [-0.05, 0) is 50.4 Å². The third kappa shape index (κ3) is 3.95. The van der Waals surface area contributed by atoms with E-state index in [-0.39, 0.29) is 5.25 Å². The predicted octanol–water partition coefficient (Wildman–Crippen LogP) is 2.11. The van der Waals surface area contributed by atoms with Gasteiger partial charge in [-0.3, -0.25) is 0 Å². The van der Waals surface area contributed by atoms with E-state index >= 15 is 0 Å². The van der Waals surface area contributed by atoms with Crippen molar-refractivity contribution in [3.8, 4) is 0 Å². The summed E-state index contributed by atoms with van der Waals surface area (Å²) in [5.41, 5.74) is 6.10. The average molecular weight is 259 g/mol. The van der Waals surface area contributed by atoms with E-state index < -0.39 is 9.84 Å². The number of hydrogen-bond donors (Lipinski definition) is 1. The second kappa shape index (κ2) is 5.27. The monoisotopic (exact) mass is 259 g/mol. The molecule has 0 aromatic heterocycles. The van der Waals surface area contributed by atoms with Gasteiger partial charge >= 0.3 is 0 Å². The minimum atomic E-state index is -2.83. The van der Waals surface area contributed by atoms with E-state index in [2.05, 4.69) is 0 Å². The van der Waals surface area contributed by atoms with Gasteiger partial charge in [-0.25, -0.2) is 8.42 Å². The molecule has 2 rings (SSSR count). The Morgan fingerprint density at radius 1 is 1.24 bits per heavy atom. The molecule has 0 aliphatic heterocycles. The molecule has 17 heavy (non-hydrogen) atoms. The van der Waals surface area contributed by atoms with Gasteiger partial charge in [0.1, 0.15) is 9.84 Å². The molecule has 2 fully saturated rings. The Bertz CT molecular complexity index is 348. The fourth-order valence-electron chi connectivity index (χ4n) is 3.08. The van der Waals surface area contributed by atoms with Gasteiger partial charge in [0, 0.05) is 12.3 Å². The number of sulfone groups is 1. The average Bonchev–Trinajstić information content (AvgIpc) is 3.09. The largest absolute Gasteiger partial charge is 0.327 e. The second-order valence-corrected chi connectivity index (χ2v) is 8.39. The van der Waals surface area contributed by atoms with E-state index in [1.807, 2.05) is 0 Å². The Morgan fingerprint density at radius 3 is 2.53 bits per heavy atom. The lowest BCUT2D eigenvalue weighted by Gasteiger charge is -2.28. The van der Waals surface area contributed by atoms with Crippen molar-refractivity contribution in [3.63, 3.8) is 0 Å². The topological polar surface area (TPSA) is 60.2 Å². The lowest BCUT2D eigenvalue weighted by atomic mass is 9.84. The molecular formula is C13H25NO2S. The molecular weight excluding hydrogens is 234 g/mol. The number of hydrogen-bond acceptors (Lipinski definition) is 3. The van der Waals surface area contributed by atoms with Gasteiger partial charge in [0.25, 0.3) is 0 Å². The summed E-state index contributed by atoms with van der Waals surface area (Å²) in [4.78, 5) is 0. The van der Waals surface area contributed by atoms with Gasteiger partial charge in [0.05, 0.1) is 5.25 Å². The summed E-state index contributed by atoms with van der Waals surface area (Å²) >= 11 is 0. The molecule has 4 heteroatoms. The molecule has 0 aromatic rings. The van der Waals surface area contributed by atoms with Crippen LogP contribution in [0.3, 0.4) is 0 Å². The normalized spacial score (nSPS) is 32.4. The maximum absolute atomic E-state index is 11.6. The molecule has 0 bridgehead atoms. The molecule has 100 valence electrons. The minimum Gasteiger partial charge on any atom is -0.327 e. The Kier molecular flexibility index (Phi) is 4.14. The van der Waals surface area contributed by atoms with Crippen molar-refractivity contribution in [2.24, 2.45) is 17.6 Å². The highest BCUT2D eigenvalue weighted by molar-refractivity contribution is 7.91. The van der Waals surface area contributed by atoms with Crippen molar-refractivity contribution in [2.75, 3.05) is 6.26 Å². The van der Waals surface area contributed by atoms with Crippen LogP contribution in [0.25, 0.3) is 0 Å². The first-order valence-electron chi connectivity index (χ1n) is 6.91. The van der Waals surface area contributed by atoms with Gasteiger partial charge in [-0.2, -0.15) is 0 Å².